The van der Waals surface area contributed by atoms with Gasteiger partial charge in [0.2, 0.25) is 5.88 Å². The Hall–Kier alpha value is -1.59. The largest absolute Gasteiger partial charge is 0.367 e. The lowest BCUT2D eigenvalue weighted by Crippen LogP contribution is -1.84. The van der Waals surface area contributed by atoms with E-state index in [4.69, 9.17) is 10.3 Å². The lowest BCUT2D eigenvalue weighted by Gasteiger charge is -1.96. The first-order valence-electron chi connectivity index (χ1n) is 5.11. The zero-order valence-corrected chi connectivity index (χ0v) is 10.8. The van der Waals surface area contributed by atoms with Crippen LogP contribution < -0.4 is 5.73 Å². The minimum Gasteiger partial charge on any atom is -0.367 e. The number of thiophene rings is 2. The molecule has 0 aliphatic rings. The van der Waals surface area contributed by atoms with Crippen molar-refractivity contribution >= 4 is 28.6 Å². The van der Waals surface area contributed by atoms with Crippen molar-refractivity contribution in [2.24, 2.45) is 0 Å². The normalized spacial score (nSPS) is 10.9. The molecule has 0 amide bonds. The molecule has 17 heavy (non-hydrogen) atoms. The molecule has 0 fully saturated rings. The third kappa shape index (κ3) is 1.77. The zero-order chi connectivity index (χ0) is 11.8. The second kappa shape index (κ2) is 4.01. The quantitative estimate of drug-likeness (QED) is 0.758. The summed E-state index contributed by atoms with van der Waals surface area (Å²) >= 11 is 3.33. The van der Waals surface area contributed by atoms with Crippen molar-refractivity contribution in [2.45, 2.75) is 6.92 Å². The highest BCUT2D eigenvalue weighted by Gasteiger charge is 2.19. The van der Waals surface area contributed by atoms with Crippen LogP contribution in [0.25, 0.3) is 21.0 Å². The van der Waals surface area contributed by atoms with Gasteiger partial charge in [-0.25, -0.2) is 0 Å². The maximum atomic E-state index is 5.86. The van der Waals surface area contributed by atoms with Crippen LogP contribution >= 0.6 is 22.7 Å². The SMILES string of the molecule is Cc1ccc(-c2noc(N)c2-c2cccs2)s1. The van der Waals surface area contributed by atoms with Crippen LogP contribution in [-0.4, -0.2) is 5.16 Å². The van der Waals surface area contributed by atoms with Crippen LogP contribution in [0, 0.1) is 6.92 Å². The number of aromatic nitrogens is 1. The second-order valence-corrected chi connectivity index (χ2v) is 5.89. The summed E-state index contributed by atoms with van der Waals surface area (Å²) in [7, 11) is 0. The van der Waals surface area contributed by atoms with Crippen LogP contribution in [0.15, 0.2) is 34.2 Å². The molecule has 0 spiro atoms. The maximum Gasteiger partial charge on any atom is 0.231 e. The summed E-state index contributed by atoms with van der Waals surface area (Å²) in [6, 6.07) is 8.14. The van der Waals surface area contributed by atoms with E-state index in [2.05, 4.69) is 24.2 Å². The Labute approximate surface area is 106 Å². The molecule has 5 heteroatoms. The van der Waals surface area contributed by atoms with Crippen molar-refractivity contribution in [2.75, 3.05) is 5.73 Å². The van der Waals surface area contributed by atoms with Crippen LogP contribution in [0.3, 0.4) is 0 Å². The van der Waals surface area contributed by atoms with E-state index < -0.39 is 0 Å². The number of hydrogen-bond acceptors (Lipinski definition) is 5. The lowest BCUT2D eigenvalue weighted by molar-refractivity contribution is 0.439. The van der Waals surface area contributed by atoms with Crippen molar-refractivity contribution in [1.29, 1.82) is 0 Å². The van der Waals surface area contributed by atoms with Gasteiger partial charge in [0.1, 0.15) is 5.69 Å². The topological polar surface area (TPSA) is 52.0 Å². The van der Waals surface area contributed by atoms with Crippen molar-refractivity contribution in [3.8, 4) is 21.0 Å². The molecule has 0 saturated heterocycles. The summed E-state index contributed by atoms with van der Waals surface area (Å²) in [5, 5.41) is 6.09. The molecular weight excluding hydrogens is 252 g/mol. The maximum absolute atomic E-state index is 5.86. The number of aryl methyl sites for hydroxylation is 1. The minimum atomic E-state index is 0.383. The van der Waals surface area contributed by atoms with Crippen molar-refractivity contribution in [3.05, 3.63) is 34.5 Å². The summed E-state index contributed by atoms with van der Waals surface area (Å²) in [6.07, 6.45) is 0. The Balaban J connectivity index is 2.19. The molecule has 2 N–H and O–H groups in total. The van der Waals surface area contributed by atoms with E-state index in [0.29, 0.717) is 5.88 Å². The molecule has 0 unspecified atom stereocenters. The number of nitrogens with zero attached hydrogens (tertiary/aromatic N) is 1. The molecule has 0 aliphatic heterocycles. The number of nitrogens with two attached hydrogens (primary N) is 1. The van der Waals surface area contributed by atoms with Gasteiger partial charge in [0.25, 0.3) is 0 Å². The van der Waals surface area contributed by atoms with Crippen LogP contribution in [-0.2, 0) is 0 Å². The van der Waals surface area contributed by atoms with Crippen molar-refractivity contribution in [1.82, 2.24) is 5.16 Å². The number of nitrogen functional groups attached to an aromatic ring is 1. The predicted molar refractivity (Wildman–Crippen MR) is 72.3 cm³/mol. The molecule has 3 nitrogen and oxygen atoms in total. The summed E-state index contributed by atoms with van der Waals surface area (Å²) < 4.78 is 5.12. The fourth-order valence-corrected chi connectivity index (χ4v) is 3.32. The molecule has 3 aromatic heterocycles. The molecule has 0 bridgehead atoms. The van der Waals surface area contributed by atoms with Gasteiger partial charge < -0.3 is 10.3 Å². The van der Waals surface area contributed by atoms with Gasteiger partial charge in [-0.1, -0.05) is 11.2 Å². The van der Waals surface area contributed by atoms with E-state index in [1.54, 1.807) is 22.7 Å². The minimum absolute atomic E-state index is 0.383. The standard InChI is InChI=1S/C12H10N2OS2/c1-7-4-5-9(17-7)11-10(12(13)15-14-11)8-3-2-6-16-8/h2-6H,13H2,1H3. The zero-order valence-electron chi connectivity index (χ0n) is 9.14. The molecule has 3 rings (SSSR count). The molecular formula is C12H10N2OS2. The molecule has 0 atom stereocenters. The molecule has 0 saturated carbocycles. The molecule has 0 radical (unpaired) electrons. The highest BCUT2D eigenvalue weighted by molar-refractivity contribution is 7.15. The average Bonchev–Trinajstić information content (AvgIpc) is 2.97. The van der Waals surface area contributed by atoms with Crippen LogP contribution in [0.4, 0.5) is 5.88 Å². The summed E-state index contributed by atoms with van der Waals surface area (Å²) in [5.41, 5.74) is 7.60. The monoisotopic (exact) mass is 262 g/mol. The number of rotatable bonds is 2. The first-order chi connectivity index (χ1) is 8.25. The van der Waals surface area contributed by atoms with E-state index in [-0.39, 0.29) is 0 Å². The predicted octanol–water partition coefficient (Wildman–Crippen LogP) is 4.02. The Kier molecular flexibility index (Phi) is 2.49. The average molecular weight is 262 g/mol. The van der Waals surface area contributed by atoms with E-state index in [1.807, 2.05) is 17.5 Å². The van der Waals surface area contributed by atoms with Gasteiger partial charge in [0.15, 0.2) is 0 Å². The highest BCUT2D eigenvalue weighted by Crippen LogP contribution is 2.40. The molecule has 86 valence electrons. The van der Waals surface area contributed by atoms with E-state index in [9.17, 15) is 0 Å². The van der Waals surface area contributed by atoms with Gasteiger partial charge in [-0.15, -0.1) is 22.7 Å². The van der Waals surface area contributed by atoms with Gasteiger partial charge >= 0.3 is 0 Å². The third-order valence-corrected chi connectivity index (χ3v) is 4.35. The van der Waals surface area contributed by atoms with E-state index in [1.165, 1.54) is 4.88 Å². The van der Waals surface area contributed by atoms with Crippen LogP contribution in [0.2, 0.25) is 0 Å². The van der Waals surface area contributed by atoms with E-state index in [0.717, 1.165) is 21.0 Å². The van der Waals surface area contributed by atoms with E-state index >= 15 is 0 Å². The molecule has 3 aromatic rings. The Morgan fingerprint density at radius 2 is 2.12 bits per heavy atom. The Morgan fingerprint density at radius 1 is 1.24 bits per heavy atom. The smallest absolute Gasteiger partial charge is 0.231 e. The molecule has 3 heterocycles. The fraction of sp³-hybridized carbons (Fsp3) is 0.0833. The first-order valence-corrected chi connectivity index (χ1v) is 6.81. The lowest BCUT2D eigenvalue weighted by atomic mass is 10.2. The third-order valence-electron chi connectivity index (χ3n) is 2.46. The van der Waals surface area contributed by atoms with Gasteiger partial charge in [0, 0.05) is 9.75 Å². The first kappa shape index (κ1) is 10.6. The number of hydrogen-bond donors (Lipinski definition) is 1. The number of anilines is 1. The Bertz CT molecular complexity index is 637. The van der Waals surface area contributed by atoms with Gasteiger partial charge in [-0.2, -0.15) is 0 Å². The Morgan fingerprint density at radius 3 is 2.76 bits per heavy atom. The fourth-order valence-electron chi connectivity index (χ4n) is 1.69. The summed E-state index contributed by atoms with van der Waals surface area (Å²) in [4.78, 5) is 3.43. The summed E-state index contributed by atoms with van der Waals surface area (Å²) in [6.45, 7) is 2.07. The van der Waals surface area contributed by atoms with Crippen LogP contribution in [0.1, 0.15) is 4.88 Å². The van der Waals surface area contributed by atoms with Crippen molar-refractivity contribution < 1.29 is 4.52 Å². The molecule has 0 aliphatic carbocycles. The summed E-state index contributed by atoms with van der Waals surface area (Å²) in [5.74, 6) is 0.383. The second-order valence-electron chi connectivity index (χ2n) is 3.66. The van der Waals surface area contributed by atoms with Gasteiger partial charge in [0.05, 0.1) is 10.4 Å². The highest BCUT2D eigenvalue weighted by atomic mass is 32.1. The van der Waals surface area contributed by atoms with Crippen LogP contribution in [0.5, 0.6) is 0 Å². The van der Waals surface area contributed by atoms with Gasteiger partial charge in [-0.05, 0) is 30.5 Å². The molecule has 0 aromatic carbocycles. The van der Waals surface area contributed by atoms with Gasteiger partial charge in [-0.3, -0.25) is 0 Å². The van der Waals surface area contributed by atoms with Crippen molar-refractivity contribution in [3.63, 3.8) is 0 Å².